The SMILES string of the molecule is CC(C)c1cccc(C(C)C)c1OC(=O)C(C)(C)C. The van der Waals surface area contributed by atoms with E-state index in [2.05, 4.69) is 27.7 Å². The van der Waals surface area contributed by atoms with Crippen molar-refractivity contribution in [3.63, 3.8) is 0 Å². The first-order valence-corrected chi connectivity index (χ1v) is 6.99. The quantitative estimate of drug-likeness (QED) is 0.573. The van der Waals surface area contributed by atoms with E-state index in [9.17, 15) is 4.79 Å². The monoisotopic (exact) mass is 262 g/mol. The summed E-state index contributed by atoms with van der Waals surface area (Å²) in [5, 5.41) is 0. The van der Waals surface area contributed by atoms with E-state index in [1.54, 1.807) is 0 Å². The molecule has 0 bridgehead atoms. The van der Waals surface area contributed by atoms with Crippen LogP contribution < -0.4 is 4.74 Å². The molecule has 0 aromatic heterocycles. The number of para-hydroxylation sites is 1. The smallest absolute Gasteiger partial charge is 0.316 e. The summed E-state index contributed by atoms with van der Waals surface area (Å²) >= 11 is 0. The number of carbonyl (C=O) groups is 1. The van der Waals surface area contributed by atoms with Gasteiger partial charge in [0.15, 0.2) is 0 Å². The molecule has 0 aliphatic heterocycles. The molecule has 1 aromatic carbocycles. The lowest BCUT2D eigenvalue weighted by molar-refractivity contribution is -0.143. The number of carbonyl (C=O) groups excluding carboxylic acids is 1. The largest absolute Gasteiger partial charge is 0.426 e. The topological polar surface area (TPSA) is 26.3 Å². The van der Waals surface area contributed by atoms with E-state index in [0.29, 0.717) is 11.8 Å². The van der Waals surface area contributed by atoms with Gasteiger partial charge in [-0.25, -0.2) is 0 Å². The summed E-state index contributed by atoms with van der Waals surface area (Å²) in [6.07, 6.45) is 0. The number of benzene rings is 1. The molecule has 0 heterocycles. The second-order valence-corrected chi connectivity index (χ2v) is 6.71. The van der Waals surface area contributed by atoms with Gasteiger partial charge in [0, 0.05) is 0 Å². The van der Waals surface area contributed by atoms with Crippen LogP contribution in [0.5, 0.6) is 5.75 Å². The predicted molar refractivity (Wildman–Crippen MR) is 79.7 cm³/mol. The molecule has 2 heteroatoms. The van der Waals surface area contributed by atoms with E-state index in [4.69, 9.17) is 4.74 Å². The lowest BCUT2D eigenvalue weighted by Gasteiger charge is -2.22. The van der Waals surface area contributed by atoms with Crippen molar-refractivity contribution in [3.05, 3.63) is 29.3 Å². The van der Waals surface area contributed by atoms with E-state index in [1.165, 1.54) is 0 Å². The molecular weight excluding hydrogens is 236 g/mol. The standard InChI is InChI=1S/C17H26O2/c1-11(2)13-9-8-10-14(12(3)4)15(13)19-16(18)17(5,6)7/h8-12H,1-7H3. The molecule has 1 rings (SSSR count). The molecule has 0 atom stereocenters. The van der Waals surface area contributed by atoms with Crippen LogP contribution >= 0.6 is 0 Å². The average molecular weight is 262 g/mol. The van der Waals surface area contributed by atoms with Crippen molar-refractivity contribution in [2.45, 2.75) is 60.3 Å². The van der Waals surface area contributed by atoms with Crippen LogP contribution in [0.4, 0.5) is 0 Å². The van der Waals surface area contributed by atoms with Crippen molar-refractivity contribution >= 4 is 5.97 Å². The van der Waals surface area contributed by atoms with Crippen molar-refractivity contribution < 1.29 is 9.53 Å². The highest BCUT2D eigenvalue weighted by Crippen LogP contribution is 2.35. The summed E-state index contributed by atoms with van der Waals surface area (Å²) in [7, 11) is 0. The number of esters is 1. The first kappa shape index (κ1) is 15.7. The summed E-state index contributed by atoms with van der Waals surface area (Å²) in [6.45, 7) is 14.1. The maximum Gasteiger partial charge on any atom is 0.316 e. The fraction of sp³-hybridized carbons (Fsp3) is 0.588. The van der Waals surface area contributed by atoms with Crippen LogP contribution in [0.15, 0.2) is 18.2 Å². The zero-order chi connectivity index (χ0) is 14.8. The Morgan fingerprint density at radius 1 is 1.00 bits per heavy atom. The summed E-state index contributed by atoms with van der Waals surface area (Å²) < 4.78 is 5.72. The molecular formula is C17H26O2. The van der Waals surface area contributed by atoms with E-state index in [-0.39, 0.29) is 5.97 Å². The third-order valence-electron chi connectivity index (χ3n) is 3.13. The van der Waals surface area contributed by atoms with Crippen LogP contribution in [0.2, 0.25) is 0 Å². The average Bonchev–Trinajstić information content (AvgIpc) is 2.27. The minimum Gasteiger partial charge on any atom is -0.426 e. The maximum absolute atomic E-state index is 12.2. The Morgan fingerprint density at radius 3 is 1.74 bits per heavy atom. The van der Waals surface area contributed by atoms with Gasteiger partial charge in [0.25, 0.3) is 0 Å². The Hall–Kier alpha value is -1.31. The molecule has 0 N–H and O–H groups in total. The number of hydrogen-bond donors (Lipinski definition) is 0. The van der Waals surface area contributed by atoms with Gasteiger partial charge in [0.2, 0.25) is 0 Å². The number of ether oxygens (including phenoxy) is 1. The van der Waals surface area contributed by atoms with Crippen molar-refractivity contribution in [2.75, 3.05) is 0 Å². The van der Waals surface area contributed by atoms with Gasteiger partial charge in [-0.3, -0.25) is 4.79 Å². The molecule has 0 amide bonds. The van der Waals surface area contributed by atoms with Crippen molar-refractivity contribution in [2.24, 2.45) is 5.41 Å². The Labute approximate surface area is 117 Å². The molecule has 0 saturated carbocycles. The van der Waals surface area contributed by atoms with Crippen LogP contribution in [-0.4, -0.2) is 5.97 Å². The molecule has 0 unspecified atom stereocenters. The second kappa shape index (κ2) is 5.77. The third kappa shape index (κ3) is 3.82. The van der Waals surface area contributed by atoms with Crippen LogP contribution in [0.25, 0.3) is 0 Å². The normalized spacial score (nSPS) is 12.1. The van der Waals surface area contributed by atoms with Gasteiger partial charge in [-0.1, -0.05) is 45.9 Å². The molecule has 2 nitrogen and oxygen atoms in total. The van der Waals surface area contributed by atoms with Gasteiger partial charge in [0.1, 0.15) is 5.75 Å². The fourth-order valence-corrected chi connectivity index (χ4v) is 1.85. The predicted octanol–water partition coefficient (Wildman–Crippen LogP) is 4.88. The lowest BCUT2D eigenvalue weighted by atomic mass is 9.93. The molecule has 19 heavy (non-hydrogen) atoms. The Balaban J connectivity index is 3.26. The van der Waals surface area contributed by atoms with E-state index in [0.717, 1.165) is 16.9 Å². The molecule has 0 aliphatic carbocycles. The fourth-order valence-electron chi connectivity index (χ4n) is 1.85. The van der Waals surface area contributed by atoms with E-state index < -0.39 is 5.41 Å². The lowest BCUT2D eigenvalue weighted by Crippen LogP contribution is -2.26. The minimum absolute atomic E-state index is 0.178. The highest BCUT2D eigenvalue weighted by atomic mass is 16.5. The van der Waals surface area contributed by atoms with Crippen molar-refractivity contribution in [3.8, 4) is 5.75 Å². The zero-order valence-corrected chi connectivity index (χ0v) is 13.2. The van der Waals surface area contributed by atoms with Gasteiger partial charge in [0.05, 0.1) is 5.41 Å². The Morgan fingerprint density at radius 2 is 1.42 bits per heavy atom. The molecule has 0 saturated heterocycles. The van der Waals surface area contributed by atoms with Crippen molar-refractivity contribution in [1.29, 1.82) is 0 Å². The van der Waals surface area contributed by atoms with E-state index in [1.807, 2.05) is 39.0 Å². The molecule has 0 fully saturated rings. The van der Waals surface area contributed by atoms with Gasteiger partial charge >= 0.3 is 5.97 Å². The van der Waals surface area contributed by atoms with Crippen LogP contribution in [0.1, 0.15) is 71.4 Å². The van der Waals surface area contributed by atoms with Gasteiger partial charge in [-0.15, -0.1) is 0 Å². The Kier molecular flexibility index (Phi) is 4.78. The van der Waals surface area contributed by atoms with Crippen LogP contribution in [0, 0.1) is 5.41 Å². The highest BCUT2D eigenvalue weighted by molar-refractivity contribution is 5.78. The third-order valence-corrected chi connectivity index (χ3v) is 3.13. The number of rotatable bonds is 3. The first-order valence-electron chi connectivity index (χ1n) is 6.99. The van der Waals surface area contributed by atoms with E-state index >= 15 is 0 Å². The maximum atomic E-state index is 12.2. The molecule has 0 radical (unpaired) electrons. The highest BCUT2D eigenvalue weighted by Gasteiger charge is 2.26. The van der Waals surface area contributed by atoms with Crippen LogP contribution in [-0.2, 0) is 4.79 Å². The molecule has 0 spiro atoms. The summed E-state index contributed by atoms with van der Waals surface area (Å²) in [5.74, 6) is 1.25. The zero-order valence-electron chi connectivity index (χ0n) is 13.2. The first-order chi connectivity index (χ1) is 8.64. The minimum atomic E-state index is -0.488. The number of hydrogen-bond acceptors (Lipinski definition) is 2. The second-order valence-electron chi connectivity index (χ2n) is 6.71. The van der Waals surface area contributed by atoms with Crippen LogP contribution in [0.3, 0.4) is 0 Å². The molecule has 1 aromatic rings. The summed E-state index contributed by atoms with van der Waals surface area (Å²) in [4.78, 5) is 12.2. The van der Waals surface area contributed by atoms with Crippen molar-refractivity contribution in [1.82, 2.24) is 0 Å². The van der Waals surface area contributed by atoms with Gasteiger partial charge in [-0.05, 0) is 43.7 Å². The summed E-state index contributed by atoms with van der Waals surface area (Å²) in [5.41, 5.74) is 1.71. The molecule has 106 valence electrons. The Bertz CT molecular complexity index is 425. The van der Waals surface area contributed by atoms with Gasteiger partial charge < -0.3 is 4.74 Å². The molecule has 0 aliphatic rings. The summed E-state index contributed by atoms with van der Waals surface area (Å²) in [6, 6.07) is 6.13. The van der Waals surface area contributed by atoms with Gasteiger partial charge in [-0.2, -0.15) is 0 Å².